The van der Waals surface area contributed by atoms with Gasteiger partial charge in [-0.15, -0.1) is 0 Å². The van der Waals surface area contributed by atoms with Crippen molar-refractivity contribution in [2.75, 3.05) is 11.9 Å². The molecule has 74 valence electrons. The Morgan fingerprint density at radius 3 is 2.93 bits per heavy atom. The number of anilines is 1. The molecule has 0 aliphatic carbocycles. The Balaban J connectivity index is 2.64. The van der Waals surface area contributed by atoms with Gasteiger partial charge < -0.3 is 16.2 Å². The molecular formula is C9H9IN2O2. The maximum Gasteiger partial charge on any atom is 0.251 e. The van der Waals surface area contributed by atoms with Gasteiger partial charge in [0.25, 0.3) is 5.91 Å². The minimum Gasteiger partial charge on any atom is -0.394 e. The van der Waals surface area contributed by atoms with Crippen LogP contribution in [0.3, 0.4) is 0 Å². The van der Waals surface area contributed by atoms with E-state index >= 15 is 0 Å². The first-order valence-electron chi connectivity index (χ1n) is 4.10. The lowest BCUT2D eigenvalue weighted by molar-refractivity contribution is -0.122. The highest BCUT2D eigenvalue weighted by atomic mass is 127. The number of nitrogens with two attached hydrogens (primary N) is 1. The fourth-order valence-corrected chi connectivity index (χ4v) is 2.16. The summed E-state index contributed by atoms with van der Waals surface area (Å²) in [6, 6.07) is 5.45. The lowest BCUT2D eigenvalue weighted by atomic mass is 9.94. The van der Waals surface area contributed by atoms with Crippen LogP contribution in [-0.2, 0) is 10.3 Å². The van der Waals surface area contributed by atoms with E-state index in [9.17, 15) is 4.79 Å². The second kappa shape index (κ2) is 3.18. The van der Waals surface area contributed by atoms with E-state index < -0.39 is 5.54 Å². The quantitative estimate of drug-likeness (QED) is 0.657. The molecule has 4 nitrogen and oxygen atoms in total. The van der Waals surface area contributed by atoms with Gasteiger partial charge >= 0.3 is 0 Å². The maximum absolute atomic E-state index is 11.5. The van der Waals surface area contributed by atoms with Crippen molar-refractivity contribution in [2.24, 2.45) is 5.73 Å². The fraction of sp³-hybridized carbons (Fsp3) is 0.222. The van der Waals surface area contributed by atoms with Crippen molar-refractivity contribution < 1.29 is 9.90 Å². The highest BCUT2D eigenvalue weighted by Crippen LogP contribution is 2.36. The third-order valence-electron chi connectivity index (χ3n) is 2.39. The zero-order valence-electron chi connectivity index (χ0n) is 7.25. The molecule has 1 heterocycles. The molecule has 0 saturated carbocycles. The van der Waals surface area contributed by atoms with Gasteiger partial charge in [-0.05, 0) is 28.7 Å². The van der Waals surface area contributed by atoms with E-state index in [2.05, 4.69) is 27.9 Å². The number of hydrogen-bond acceptors (Lipinski definition) is 3. The summed E-state index contributed by atoms with van der Waals surface area (Å²) in [5.41, 5.74) is 5.92. The van der Waals surface area contributed by atoms with E-state index in [0.717, 1.165) is 9.26 Å². The van der Waals surface area contributed by atoms with Crippen molar-refractivity contribution in [1.29, 1.82) is 0 Å². The molecule has 1 aromatic rings. The average molecular weight is 304 g/mol. The van der Waals surface area contributed by atoms with Crippen LogP contribution >= 0.6 is 22.6 Å². The molecule has 0 bridgehead atoms. The lowest BCUT2D eigenvalue weighted by Gasteiger charge is -2.18. The number of aliphatic hydroxyl groups excluding tert-OH is 1. The first kappa shape index (κ1) is 9.88. The number of hydrogen-bond donors (Lipinski definition) is 3. The first-order chi connectivity index (χ1) is 6.59. The van der Waals surface area contributed by atoms with Crippen LogP contribution in [0.1, 0.15) is 5.56 Å². The first-order valence-corrected chi connectivity index (χ1v) is 5.17. The summed E-state index contributed by atoms with van der Waals surface area (Å²) >= 11 is 2.12. The predicted octanol–water partition coefficient (Wildman–Crippen LogP) is 0.390. The molecule has 0 spiro atoms. The van der Waals surface area contributed by atoms with E-state index in [1.807, 2.05) is 12.1 Å². The average Bonchev–Trinajstić information content (AvgIpc) is 2.43. The number of nitrogens with one attached hydrogen (secondary N) is 1. The van der Waals surface area contributed by atoms with E-state index in [-0.39, 0.29) is 12.5 Å². The van der Waals surface area contributed by atoms with Crippen LogP contribution in [-0.4, -0.2) is 17.6 Å². The molecule has 2 rings (SSSR count). The Bertz CT molecular complexity index is 408. The van der Waals surface area contributed by atoms with Crippen molar-refractivity contribution >= 4 is 34.2 Å². The van der Waals surface area contributed by atoms with Crippen LogP contribution in [0.15, 0.2) is 18.2 Å². The Morgan fingerprint density at radius 1 is 1.57 bits per heavy atom. The van der Waals surface area contributed by atoms with Gasteiger partial charge in [-0.25, -0.2) is 0 Å². The minimum absolute atomic E-state index is 0.348. The molecule has 1 aromatic carbocycles. The molecule has 0 fully saturated rings. The van der Waals surface area contributed by atoms with Crippen LogP contribution in [0, 0.1) is 3.57 Å². The van der Waals surface area contributed by atoms with Crippen LogP contribution in [0.25, 0.3) is 0 Å². The molecule has 0 saturated heterocycles. The summed E-state index contributed by atoms with van der Waals surface area (Å²) in [5, 5.41) is 11.8. The molecular weight excluding hydrogens is 295 g/mol. The number of benzene rings is 1. The molecule has 14 heavy (non-hydrogen) atoms. The summed E-state index contributed by atoms with van der Waals surface area (Å²) in [6.45, 7) is -0.383. The Labute approximate surface area is 94.6 Å². The van der Waals surface area contributed by atoms with Crippen LogP contribution < -0.4 is 11.1 Å². The van der Waals surface area contributed by atoms with Gasteiger partial charge in [0.15, 0.2) is 0 Å². The zero-order valence-corrected chi connectivity index (χ0v) is 9.41. The third-order valence-corrected chi connectivity index (χ3v) is 3.29. The molecule has 1 atom stereocenters. The van der Waals surface area contributed by atoms with Gasteiger partial charge in [0.05, 0.1) is 12.3 Å². The lowest BCUT2D eigenvalue weighted by Crippen LogP contribution is -2.46. The van der Waals surface area contributed by atoms with Crippen LogP contribution in [0.5, 0.6) is 0 Å². The highest BCUT2D eigenvalue weighted by molar-refractivity contribution is 14.1. The highest BCUT2D eigenvalue weighted by Gasteiger charge is 2.43. The summed E-state index contributed by atoms with van der Waals surface area (Å²) < 4.78 is 0.925. The SMILES string of the molecule is NC1(CO)C(=O)Nc2c(I)cccc21. The van der Waals surface area contributed by atoms with Gasteiger partial charge in [-0.3, -0.25) is 4.79 Å². The van der Waals surface area contributed by atoms with Gasteiger partial charge in [0.1, 0.15) is 5.54 Å². The van der Waals surface area contributed by atoms with Crippen molar-refractivity contribution in [3.05, 3.63) is 27.3 Å². The Kier molecular flexibility index (Phi) is 2.24. The summed E-state index contributed by atoms with van der Waals surface area (Å²) in [7, 11) is 0. The number of halogens is 1. The fourth-order valence-electron chi connectivity index (χ4n) is 1.53. The van der Waals surface area contributed by atoms with Crippen LogP contribution in [0.4, 0.5) is 5.69 Å². The molecule has 1 amide bonds. The van der Waals surface area contributed by atoms with Gasteiger partial charge in [0, 0.05) is 9.13 Å². The van der Waals surface area contributed by atoms with E-state index in [1.54, 1.807) is 6.07 Å². The van der Waals surface area contributed by atoms with Gasteiger partial charge in [0.2, 0.25) is 0 Å². The normalized spacial score (nSPS) is 24.6. The van der Waals surface area contributed by atoms with Gasteiger partial charge in [-0.1, -0.05) is 12.1 Å². The zero-order chi connectivity index (χ0) is 10.3. The Hall–Kier alpha value is -0.660. The van der Waals surface area contributed by atoms with E-state index in [0.29, 0.717) is 5.56 Å². The molecule has 1 unspecified atom stereocenters. The number of aliphatic hydroxyl groups is 1. The number of fused-ring (bicyclic) bond motifs is 1. The van der Waals surface area contributed by atoms with E-state index in [4.69, 9.17) is 10.8 Å². The molecule has 1 aliphatic rings. The number of amides is 1. The van der Waals surface area contributed by atoms with Crippen LogP contribution in [0.2, 0.25) is 0 Å². The molecule has 0 aromatic heterocycles. The van der Waals surface area contributed by atoms with Crippen molar-refractivity contribution in [2.45, 2.75) is 5.54 Å². The standard InChI is InChI=1S/C9H9IN2O2/c10-6-3-1-2-5-7(6)12-8(14)9(5,11)4-13/h1-3,13H,4,11H2,(H,12,14). The predicted molar refractivity (Wildman–Crippen MR) is 60.7 cm³/mol. The van der Waals surface area contributed by atoms with E-state index in [1.165, 1.54) is 0 Å². The largest absolute Gasteiger partial charge is 0.394 e. The monoisotopic (exact) mass is 304 g/mol. The maximum atomic E-state index is 11.5. The number of carbonyl (C=O) groups excluding carboxylic acids is 1. The number of rotatable bonds is 1. The summed E-state index contributed by atoms with van der Waals surface area (Å²) in [4.78, 5) is 11.5. The summed E-state index contributed by atoms with van der Waals surface area (Å²) in [5.74, 6) is -0.348. The van der Waals surface area contributed by atoms with Gasteiger partial charge in [-0.2, -0.15) is 0 Å². The molecule has 5 heteroatoms. The second-order valence-corrected chi connectivity index (χ2v) is 4.41. The minimum atomic E-state index is -1.28. The summed E-state index contributed by atoms with van der Waals surface area (Å²) in [6.07, 6.45) is 0. The smallest absolute Gasteiger partial charge is 0.251 e. The van der Waals surface area contributed by atoms with Crippen molar-refractivity contribution in [1.82, 2.24) is 0 Å². The number of carbonyl (C=O) groups is 1. The topological polar surface area (TPSA) is 75.3 Å². The van der Waals surface area contributed by atoms with Crippen molar-refractivity contribution in [3.8, 4) is 0 Å². The second-order valence-electron chi connectivity index (χ2n) is 3.25. The molecule has 0 radical (unpaired) electrons. The molecule has 4 N–H and O–H groups in total. The number of para-hydroxylation sites is 1. The van der Waals surface area contributed by atoms with Crippen molar-refractivity contribution in [3.63, 3.8) is 0 Å². The molecule has 1 aliphatic heterocycles. The Morgan fingerprint density at radius 2 is 2.29 bits per heavy atom. The third kappa shape index (κ3) is 1.16.